The Kier molecular flexibility index (Phi) is 49.7. The van der Waals surface area contributed by atoms with Gasteiger partial charge in [-0.1, -0.05) is 26.7 Å². The molecular weight excluding hydrogens is 295 g/mol. The summed E-state index contributed by atoms with van der Waals surface area (Å²) >= 11 is 0. The lowest BCUT2D eigenvalue weighted by Gasteiger charge is -1.68. The van der Waals surface area contributed by atoms with E-state index >= 15 is 0 Å². The highest BCUT2D eigenvalue weighted by Gasteiger charge is 1.98. The summed E-state index contributed by atoms with van der Waals surface area (Å²) in [5.74, 6) is 0. The predicted octanol–water partition coefficient (Wildman–Crippen LogP) is -2.49. The predicted molar refractivity (Wildman–Crippen MR) is 65.8 cm³/mol. The van der Waals surface area contributed by atoms with Crippen molar-refractivity contribution < 1.29 is 57.5 Å². The summed E-state index contributed by atoms with van der Waals surface area (Å²) in [4.78, 5) is 0. The van der Waals surface area contributed by atoms with Gasteiger partial charge in [0.1, 0.15) is 0 Å². The molecule has 122 valence electrons. The van der Waals surface area contributed by atoms with Crippen molar-refractivity contribution in [3.05, 3.63) is 0 Å². The van der Waals surface area contributed by atoms with Crippen molar-refractivity contribution in [2.45, 2.75) is 26.7 Å². The van der Waals surface area contributed by atoms with Gasteiger partial charge < -0.3 is 40.2 Å². The average molecular weight is 313 g/mol. The first kappa shape index (κ1) is 31.9. The van der Waals surface area contributed by atoms with Crippen molar-refractivity contribution in [3.8, 4) is 0 Å². The molecule has 0 aromatic rings. The van der Waals surface area contributed by atoms with E-state index < -0.39 is 29.6 Å². The molecule has 0 unspecified atom stereocenters. The van der Waals surface area contributed by atoms with E-state index in [0.29, 0.717) is 0 Å². The van der Waals surface area contributed by atoms with E-state index in [1.807, 2.05) is 0 Å². The molecular formula is C4H18B4F4O8. The SMILES string of the molecule is CCCC.OB(O)F.OB(O)F.OB(O)F.OB(O)F. The molecule has 0 aromatic heterocycles. The minimum atomic E-state index is -2.67. The molecule has 0 aliphatic rings. The molecule has 0 radical (unpaired) electrons. The van der Waals surface area contributed by atoms with Crippen LogP contribution in [0, 0.1) is 0 Å². The van der Waals surface area contributed by atoms with Gasteiger partial charge in [0.2, 0.25) is 0 Å². The maximum Gasteiger partial charge on any atom is 0.674 e. The van der Waals surface area contributed by atoms with Crippen LogP contribution in [0.25, 0.3) is 0 Å². The minimum Gasteiger partial charge on any atom is -0.398 e. The molecule has 0 saturated heterocycles. The smallest absolute Gasteiger partial charge is 0.398 e. The maximum absolute atomic E-state index is 10.1. The molecule has 20 heavy (non-hydrogen) atoms. The summed E-state index contributed by atoms with van der Waals surface area (Å²) in [6.07, 6.45) is 2.64. The van der Waals surface area contributed by atoms with Gasteiger partial charge in [-0.2, -0.15) is 0 Å². The first-order valence-electron chi connectivity index (χ1n) is 4.85. The van der Waals surface area contributed by atoms with Crippen molar-refractivity contribution in [1.82, 2.24) is 0 Å². The molecule has 0 atom stereocenters. The van der Waals surface area contributed by atoms with Crippen LogP contribution in [0.2, 0.25) is 0 Å². The quantitative estimate of drug-likeness (QED) is 0.195. The Morgan fingerprint density at radius 3 is 0.550 bits per heavy atom. The molecule has 0 spiro atoms. The molecule has 0 aliphatic carbocycles. The Bertz CT molecular complexity index is 100. The van der Waals surface area contributed by atoms with E-state index in [-0.39, 0.29) is 0 Å². The van der Waals surface area contributed by atoms with Gasteiger partial charge in [0.25, 0.3) is 0 Å². The van der Waals surface area contributed by atoms with E-state index in [1.54, 1.807) is 0 Å². The molecule has 8 nitrogen and oxygen atoms in total. The Labute approximate surface area is 115 Å². The maximum atomic E-state index is 10.1. The lowest BCUT2D eigenvalue weighted by Crippen LogP contribution is -1.98. The summed E-state index contributed by atoms with van der Waals surface area (Å²) in [6.45, 7) is 4.36. The second kappa shape index (κ2) is 31.2. The van der Waals surface area contributed by atoms with Crippen molar-refractivity contribution in [2.24, 2.45) is 0 Å². The second-order valence-electron chi connectivity index (χ2n) is 2.24. The summed E-state index contributed by atoms with van der Waals surface area (Å²) < 4.78 is 40.4. The van der Waals surface area contributed by atoms with Crippen molar-refractivity contribution in [3.63, 3.8) is 0 Å². The Hall–Kier alpha value is -0.340. The number of hydrogen-bond acceptors (Lipinski definition) is 8. The van der Waals surface area contributed by atoms with Crippen LogP contribution in [-0.4, -0.2) is 69.8 Å². The zero-order chi connectivity index (χ0) is 17.7. The van der Waals surface area contributed by atoms with E-state index in [4.69, 9.17) is 40.2 Å². The Morgan fingerprint density at radius 2 is 0.550 bits per heavy atom. The number of hydrogen-bond donors (Lipinski definition) is 8. The summed E-state index contributed by atoms with van der Waals surface area (Å²) in [6, 6.07) is 0. The minimum absolute atomic E-state index is 1.32. The molecule has 0 amide bonds. The van der Waals surface area contributed by atoms with Gasteiger partial charge >= 0.3 is 29.6 Å². The van der Waals surface area contributed by atoms with Gasteiger partial charge in [-0.25, -0.2) is 0 Å². The number of halogens is 4. The van der Waals surface area contributed by atoms with Crippen molar-refractivity contribution >= 4 is 29.6 Å². The summed E-state index contributed by atoms with van der Waals surface area (Å²) in [5.41, 5.74) is 0. The lowest BCUT2D eigenvalue weighted by atomic mass is 10.3. The van der Waals surface area contributed by atoms with E-state index in [9.17, 15) is 17.3 Å². The number of unbranched alkanes of at least 4 members (excludes halogenated alkanes) is 1. The van der Waals surface area contributed by atoms with Crippen molar-refractivity contribution in [2.75, 3.05) is 0 Å². The molecule has 0 rings (SSSR count). The Balaban J connectivity index is -0.0000000469. The fourth-order valence-corrected chi connectivity index (χ4v) is 0. The molecule has 0 aromatic carbocycles. The van der Waals surface area contributed by atoms with E-state index in [0.717, 1.165) is 0 Å². The van der Waals surface area contributed by atoms with Gasteiger partial charge in [0.15, 0.2) is 0 Å². The van der Waals surface area contributed by atoms with Gasteiger partial charge in [0.05, 0.1) is 0 Å². The highest BCUT2D eigenvalue weighted by Crippen LogP contribution is 1.76. The third kappa shape index (κ3) is 11300. The Morgan fingerprint density at radius 1 is 0.500 bits per heavy atom. The van der Waals surface area contributed by atoms with Crippen LogP contribution < -0.4 is 0 Å². The third-order valence-electron chi connectivity index (χ3n) is 0.500. The topological polar surface area (TPSA) is 162 Å². The average Bonchev–Trinajstić information content (AvgIpc) is 2.13. The zero-order valence-electron chi connectivity index (χ0n) is 10.8. The summed E-state index contributed by atoms with van der Waals surface area (Å²) in [7, 11) is -10.7. The highest BCUT2D eigenvalue weighted by molar-refractivity contribution is 6.32. The highest BCUT2D eigenvalue weighted by atomic mass is 19.1. The van der Waals surface area contributed by atoms with Crippen LogP contribution >= 0.6 is 0 Å². The molecule has 8 N–H and O–H groups in total. The fourth-order valence-electron chi connectivity index (χ4n) is 0. The third-order valence-corrected chi connectivity index (χ3v) is 0.500. The van der Waals surface area contributed by atoms with Crippen LogP contribution in [-0.2, 0) is 0 Å². The summed E-state index contributed by atoms with van der Waals surface area (Å²) in [5, 5.41) is 55.6. The van der Waals surface area contributed by atoms with Crippen LogP contribution in [0.15, 0.2) is 0 Å². The molecule has 0 fully saturated rings. The van der Waals surface area contributed by atoms with E-state index in [2.05, 4.69) is 13.8 Å². The first-order chi connectivity index (χ1) is 8.84. The van der Waals surface area contributed by atoms with Crippen LogP contribution in [0.4, 0.5) is 17.3 Å². The molecule has 0 bridgehead atoms. The van der Waals surface area contributed by atoms with Gasteiger partial charge in [-0.15, -0.1) is 0 Å². The van der Waals surface area contributed by atoms with Crippen LogP contribution in [0.1, 0.15) is 26.7 Å². The first-order valence-corrected chi connectivity index (χ1v) is 4.85. The normalized spacial score (nSPS) is 6.90. The lowest BCUT2D eigenvalue weighted by molar-refractivity contribution is 0.338. The molecule has 0 aliphatic heterocycles. The van der Waals surface area contributed by atoms with Crippen LogP contribution in [0.3, 0.4) is 0 Å². The van der Waals surface area contributed by atoms with Gasteiger partial charge in [0, 0.05) is 0 Å². The van der Waals surface area contributed by atoms with Gasteiger partial charge in [-0.05, 0) is 0 Å². The van der Waals surface area contributed by atoms with Crippen molar-refractivity contribution in [1.29, 1.82) is 0 Å². The molecule has 16 heteroatoms. The standard InChI is InChI=1S/C4H10.4BFH2O2/c1-3-4-2;4*2-1(3)4/h3-4H2,1-2H3;4*3-4H. The zero-order valence-corrected chi connectivity index (χ0v) is 10.8. The fraction of sp³-hybridized carbons (Fsp3) is 1.00. The van der Waals surface area contributed by atoms with E-state index in [1.165, 1.54) is 12.8 Å². The molecule has 0 heterocycles. The molecule has 0 saturated carbocycles. The van der Waals surface area contributed by atoms with Crippen LogP contribution in [0.5, 0.6) is 0 Å². The monoisotopic (exact) mass is 314 g/mol. The number of rotatable bonds is 1. The van der Waals surface area contributed by atoms with Gasteiger partial charge in [-0.3, -0.25) is 17.3 Å². The largest absolute Gasteiger partial charge is 0.674 e. The second-order valence-corrected chi connectivity index (χ2v) is 2.24.